The minimum absolute atomic E-state index is 0.0716. The van der Waals surface area contributed by atoms with Crippen LogP contribution in [0.25, 0.3) is 0 Å². The molecule has 0 spiro atoms. The van der Waals surface area contributed by atoms with E-state index in [4.69, 9.17) is 23.2 Å². The Morgan fingerprint density at radius 1 is 1.20 bits per heavy atom. The van der Waals surface area contributed by atoms with Gasteiger partial charge in [0.05, 0.1) is 29.5 Å². The molecule has 9 heteroatoms. The molecule has 0 radical (unpaired) electrons. The highest BCUT2D eigenvalue weighted by Gasteiger charge is 2.37. The molecule has 25 heavy (non-hydrogen) atoms. The van der Waals surface area contributed by atoms with E-state index in [1.54, 1.807) is 0 Å². The van der Waals surface area contributed by atoms with Crippen LogP contribution >= 0.6 is 23.2 Å². The normalized spacial score (nSPS) is 26.6. The van der Waals surface area contributed by atoms with Crippen molar-refractivity contribution in [1.29, 1.82) is 0 Å². The predicted octanol–water partition coefficient (Wildman–Crippen LogP) is 0.983. The average Bonchev–Trinajstić information content (AvgIpc) is 2.80. The summed E-state index contributed by atoms with van der Waals surface area (Å²) in [6.45, 7) is 3.39. The van der Waals surface area contributed by atoms with Crippen LogP contribution in [-0.2, 0) is 14.6 Å². The van der Waals surface area contributed by atoms with E-state index in [1.165, 1.54) is 0 Å². The summed E-state index contributed by atoms with van der Waals surface area (Å²) in [6.07, 6.45) is 0. The third-order valence-electron chi connectivity index (χ3n) is 4.54. The molecular formula is C16H21Cl2N3O3S. The first kappa shape index (κ1) is 18.8. The molecule has 6 nitrogen and oxygen atoms in total. The Labute approximate surface area is 158 Å². The highest BCUT2D eigenvalue weighted by Crippen LogP contribution is 2.21. The molecule has 2 heterocycles. The van der Waals surface area contributed by atoms with E-state index in [0.29, 0.717) is 5.02 Å². The minimum Gasteiger partial charge on any atom is -0.369 e. The summed E-state index contributed by atoms with van der Waals surface area (Å²) in [5.41, 5.74) is 1.08. The lowest BCUT2D eigenvalue weighted by Gasteiger charge is -2.36. The SMILES string of the molecule is O=C(CN1CCN(c2cccc(Cl)c2)CC1)N[C@@H]1CS(=O)(=O)C[C@H]1Cl. The Bertz CT molecular complexity index is 736. The van der Waals surface area contributed by atoms with Crippen LogP contribution in [0.3, 0.4) is 0 Å². The molecule has 1 N–H and O–H groups in total. The van der Waals surface area contributed by atoms with Gasteiger partial charge >= 0.3 is 0 Å². The summed E-state index contributed by atoms with van der Waals surface area (Å²) in [5, 5.41) is 2.92. The van der Waals surface area contributed by atoms with Crippen molar-refractivity contribution in [3.05, 3.63) is 29.3 Å². The van der Waals surface area contributed by atoms with Crippen LogP contribution < -0.4 is 10.2 Å². The molecule has 0 aliphatic carbocycles. The zero-order valence-electron chi connectivity index (χ0n) is 13.7. The lowest BCUT2D eigenvalue weighted by Crippen LogP contribution is -2.51. The molecule has 2 aliphatic heterocycles. The number of benzene rings is 1. The highest BCUT2D eigenvalue weighted by molar-refractivity contribution is 7.91. The van der Waals surface area contributed by atoms with Crippen LogP contribution in [-0.4, -0.2) is 74.9 Å². The zero-order valence-corrected chi connectivity index (χ0v) is 16.0. The fraction of sp³-hybridized carbons (Fsp3) is 0.562. The van der Waals surface area contributed by atoms with E-state index in [-0.39, 0.29) is 24.0 Å². The number of amides is 1. The van der Waals surface area contributed by atoms with Gasteiger partial charge in [-0.05, 0) is 18.2 Å². The van der Waals surface area contributed by atoms with Gasteiger partial charge in [-0.2, -0.15) is 0 Å². The van der Waals surface area contributed by atoms with E-state index >= 15 is 0 Å². The standard InChI is InChI=1S/C16H21Cl2N3O3S/c17-12-2-1-3-13(8-12)21-6-4-20(5-7-21)9-16(22)19-15-11-25(23,24)10-14(15)18/h1-3,8,14-15H,4-7,9-11H2,(H,19,22)/t14-,15-/m1/s1. The molecule has 1 aromatic rings. The molecule has 138 valence electrons. The van der Waals surface area contributed by atoms with Crippen molar-refractivity contribution >= 4 is 44.6 Å². The van der Waals surface area contributed by atoms with Gasteiger partial charge in [-0.1, -0.05) is 17.7 Å². The van der Waals surface area contributed by atoms with Crippen molar-refractivity contribution in [3.8, 4) is 0 Å². The number of carbonyl (C=O) groups is 1. The van der Waals surface area contributed by atoms with Crippen LogP contribution in [0.1, 0.15) is 0 Å². The molecule has 0 aromatic heterocycles. The maximum Gasteiger partial charge on any atom is 0.234 e. The number of sulfone groups is 1. The largest absolute Gasteiger partial charge is 0.369 e. The van der Waals surface area contributed by atoms with Crippen molar-refractivity contribution in [2.45, 2.75) is 11.4 Å². The molecule has 1 aromatic carbocycles. The predicted molar refractivity (Wildman–Crippen MR) is 100 cm³/mol. The van der Waals surface area contributed by atoms with Crippen molar-refractivity contribution in [1.82, 2.24) is 10.2 Å². The van der Waals surface area contributed by atoms with E-state index in [0.717, 1.165) is 31.9 Å². The van der Waals surface area contributed by atoms with Gasteiger partial charge in [0.15, 0.2) is 9.84 Å². The van der Waals surface area contributed by atoms with Gasteiger partial charge in [0.2, 0.25) is 5.91 Å². The van der Waals surface area contributed by atoms with Gasteiger partial charge in [-0.15, -0.1) is 11.6 Å². The number of anilines is 1. The highest BCUT2D eigenvalue weighted by atomic mass is 35.5. The molecule has 2 atom stereocenters. The fourth-order valence-corrected chi connectivity index (χ4v) is 5.96. The molecule has 2 saturated heterocycles. The first-order valence-corrected chi connectivity index (χ1v) is 10.8. The molecular weight excluding hydrogens is 385 g/mol. The number of alkyl halides is 1. The fourth-order valence-electron chi connectivity index (χ4n) is 3.23. The van der Waals surface area contributed by atoms with Crippen LogP contribution in [0.2, 0.25) is 5.02 Å². The van der Waals surface area contributed by atoms with Crippen LogP contribution in [0.4, 0.5) is 5.69 Å². The molecule has 3 rings (SSSR count). The van der Waals surface area contributed by atoms with E-state index in [9.17, 15) is 13.2 Å². The van der Waals surface area contributed by atoms with Crippen molar-refractivity contribution in [2.75, 3.05) is 49.1 Å². The van der Waals surface area contributed by atoms with Gasteiger partial charge in [0.25, 0.3) is 0 Å². The van der Waals surface area contributed by atoms with Gasteiger partial charge in [-0.25, -0.2) is 8.42 Å². The molecule has 0 bridgehead atoms. The summed E-state index contributed by atoms with van der Waals surface area (Å²) in [5.74, 6) is -0.322. The number of piperazine rings is 1. The maximum atomic E-state index is 12.2. The van der Waals surface area contributed by atoms with E-state index < -0.39 is 21.3 Å². The summed E-state index contributed by atoms with van der Waals surface area (Å²) in [6, 6.07) is 7.24. The van der Waals surface area contributed by atoms with E-state index in [1.807, 2.05) is 24.3 Å². The smallest absolute Gasteiger partial charge is 0.234 e. The Morgan fingerprint density at radius 2 is 1.92 bits per heavy atom. The number of carbonyl (C=O) groups excluding carboxylic acids is 1. The Balaban J connectivity index is 1.47. The second-order valence-electron chi connectivity index (χ2n) is 6.51. The monoisotopic (exact) mass is 405 g/mol. The first-order valence-electron chi connectivity index (χ1n) is 8.19. The Morgan fingerprint density at radius 3 is 2.52 bits per heavy atom. The first-order chi connectivity index (χ1) is 11.8. The third-order valence-corrected chi connectivity index (χ3v) is 7.15. The van der Waals surface area contributed by atoms with Crippen molar-refractivity contribution in [3.63, 3.8) is 0 Å². The molecule has 1 amide bonds. The van der Waals surface area contributed by atoms with Crippen LogP contribution in [0.5, 0.6) is 0 Å². The Kier molecular flexibility index (Phi) is 5.78. The summed E-state index contributed by atoms with van der Waals surface area (Å²) < 4.78 is 23.1. The topological polar surface area (TPSA) is 69.7 Å². The van der Waals surface area contributed by atoms with Crippen LogP contribution in [0, 0.1) is 0 Å². The van der Waals surface area contributed by atoms with Crippen molar-refractivity contribution < 1.29 is 13.2 Å². The zero-order chi connectivity index (χ0) is 18.0. The number of nitrogens with zero attached hydrogens (tertiary/aromatic N) is 2. The number of nitrogens with one attached hydrogen (secondary N) is 1. The van der Waals surface area contributed by atoms with Crippen molar-refractivity contribution in [2.24, 2.45) is 0 Å². The number of hydrogen-bond donors (Lipinski definition) is 1. The third kappa shape index (κ3) is 5.00. The van der Waals surface area contributed by atoms with E-state index in [2.05, 4.69) is 15.1 Å². The number of rotatable bonds is 4. The van der Waals surface area contributed by atoms with Gasteiger partial charge < -0.3 is 10.2 Å². The molecule has 0 saturated carbocycles. The summed E-state index contributed by atoms with van der Waals surface area (Å²) >= 11 is 12.1. The second-order valence-corrected chi connectivity index (χ2v) is 9.66. The summed E-state index contributed by atoms with van der Waals surface area (Å²) in [7, 11) is -3.14. The number of hydrogen-bond acceptors (Lipinski definition) is 5. The minimum atomic E-state index is -3.14. The molecule has 0 unspecified atom stereocenters. The van der Waals surface area contributed by atoms with Gasteiger partial charge in [0.1, 0.15) is 0 Å². The maximum absolute atomic E-state index is 12.2. The van der Waals surface area contributed by atoms with Crippen LogP contribution in [0.15, 0.2) is 24.3 Å². The number of halogens is 2. The average molecular weight is 406 g/mol. The molecule has 2 fully saturated rings. The quantitative estimate of drug-likeness (QED) is 0.756. The second kappa shape index (κ2) is 7.70. The Hall–Kier alpha value is -1.02. The lowest BCUT2D eigenvalue weighted by molar-refractivity contribution is -0.122. The molecule has 2 aliphatic rings. The van der Waals surface area contributed by atoms with Gasteiger partial charge in [-0.3, -0.25) is 9.69 Å². The lowest BCUT2D eigenvalue weighted by atomic mass is 10.2. The van der Waals surface area contributed by atoms with Gasteiger partial charge in [0, 0.05) is 36.9 Å². The summed E-state index contributed by atoms with van der Waals surface area (Å²) in [4.78, 5) is 16.5.